The highest BCUT2D eigenvalue weighted by Crippen LogP contribution is 2.37. The third kappa shape index (κ3) is 3.99. The first-order valence-electron chi connectivity index (χ1n) is 6.61. The fraction of sp³-hybridized carbons (Fsp3) is 0.357. The molecule has 0 aliphatic carbocycles. The van der Waals surface area contributed by atoms with Crippen LogP contribution in [0.1, 0.15) is 12.2 Å². The number of hydrogen-bond donors (Lipinski definition) is 1. The third-order valence-corrected chi connectivity index (χ3v) is 3.97. The average molecular weight is 362 g/mol. The first-order chi connectivity index (χ1) is 11.3. The van der Waals surface area contributed by atoms with E-state index in [2.05, 4.69) is 9.97 Å². The van der Waals surface area contributed by atoms with Crippen LogP contribution in [0, 0.1) is 0 Å². The van der Waals surface area contributed by atoms with Gasteiger partial charge in [0.05, 0.1) is 26.2 Å². The van der Waals surface area contributed by atoms with Crippen molar-refractivity contribution in [3.8, 4) is 11.5 Å². The van der Waals surface area contributed by atoms with E-state index in [1.54, 1.807) is 0 Å². The van der Waals surface area contributed by atoms with Crippen LogP contribution in [-0.4, -0.2) is 41.0 Å². The Morgan fingerprint density at radius 1 is 1.21 bits per heavy atom. The largest absolute Gasteiger partial charge is 0.493 e. The molecular weight excluding hydrogens is 349 g/mol. The quantitative estimate of drug-likeness (QED) is 0.624. The van der Waals surface area contributed by atoms with E-state index in [1.807, 2.05) is 0 Å². The molecule has 0 aliphatic heterocycles. The minimum Gasteiger partial charge on any atom is -0.493 e. The number of nitrogens with zero attached hydrogens (tertiary/aromatic N) is 2. The Bertz CT molecular complexity index is 768. The van der Waals surface area contributed by atoms with Crippen molar-refractivity contribution in [3.05, 3.63) is 18.0 Å². The van der Waals surface area contributed by atoms with Crippen LogP contribution in [-0.2, 0) is 11.0 Å². The third-order valence-electron chi connectivity index (χ3n) is 2.97. The zero-order valence-corrected chi connectivity index (χ0v) is 13.5. The Hall–Kier alpha value is -2.23. The van der Waals surface area contributed by atoms with Gasteiger partial charge in [-0.05, 0) is 6.07 Å². The molecule has 0 atom stereocenters. The lowest BCUT2D eigenvalue weighted by Gasteiger charge is -2.13. The summed E-state index contributed by atoms with van der Waals surface area (Å²) >= 11 is 0.913. The van der Waals surface area contributed by atoms with Crippen LogP contribution in [0.15, 0.2) is 17.2 Å². The van der Waals surface area contributed by atoms with Crippen LogP contribution in [0.2, 0.25) is 0 Å². The number of aromatic nitrogens is 2. The summed E-state index contributed by atoms with van der Waals surface area (Å²) in [7, 11) is 2.75. The Balaban J connectivity index is 2.59. The number of aliphatic carboxylic acids is 1. The van der Waals surface area contributed by atoms with E-state index in [4.69, 9.17) is 14.6 Å². The van der Waals surface area contributed by atoms with E-state index in [-0.39, 0.29) is 28.5 Å². The van der Waals surface area contributed by atoms with E-state index in [0.717, 1.165) is 11.8 Å². The van der Waals surface area contributed by atoms with Gasteiger partial charge >= 0.3 is 12.1 Å². The van der Waals surface area contributed by atoms with Gasteiger partial charge in [-0.3, -0.25) is 4.79 Å². The molecule has 0 bridgehead atoms. The topological polar surface area (TPSA) is 81.5 Å². The van der Waals surface area contributed by atoms with Gasteiger partial charge in [-0.25, -0.2) is 9.97 Å². The Morgan fingerprint density at radius 2 is 1.83 bits per heavy atom. The number of fused-ring (bicyclic) bond motifs is 1. The predicted octanol–water partition coefficient (Wildman–Crippen LogP) is 3.23. The molecule has 1 aromatic heterocycles. The van der Waals surface area contributed by atoms with Crippen molar-refractivity contribution in [1.82, 2.24) is 9.97 Å². The van der Waals surface area contributed by atoms with Crippen LogP contribution >= 0.6 is 11.8 Å². The number of methoxy groups -OCH3 is 2. The molecule has 0 saturated heterocycles. The number of carboxylic acid groups (broad SMARTS) is 1. The van der Waals surface area contributed by atoms with E-state index in [1.165, 1.54) is 26.4 Å². The highest BCUT2D eigenvalue weighted by molar-refractivity contribution is 7.99. The van der Waals surface area contributed by atoms with Crippen molar-refractivity contribution in [1.29, 1.82) is 0 Å². The van der Waals surface area contributed by atoms with Gasteiger partial charge in [0.25, 0.3) is 0 Å². The fourth-order valence-electron chi connectivity index (χ4n) is 1.90. The molecule has 0 radical (unpaired) electrons. The number of rotatable bonds is 6. The molecule has 130 valence electrons. The molecule has 1 heterocycles. The molecule has 0 unspecified atom stereocenters. The standard InChI is InChI=1S/C14H13F3N2O4S/c1-22-9-5-7-8(6-10(9)23-2)18-13(14(15,16)17)19-12(7)24-4-3-11(20)21/h5-6H,3-4H2,1-2H3,(H,20,21). The lowest BCUT2D eigenvalue weighted by atomic mass is 10.2. The Labute approximate surface area is 139 Å². The van der Waals surface area contributed by atoms with Gasteiger partial charge in [0.2, 0.25) is 5.82 Å². The fourth-order valence-corrected chi connectivity index (χ4v) is 2.84. The molecule has 0 aliphatic rings. The van der Waals surface area contributed by atoms with Crippen molar-refractivity contribution in [2.75, 3.05) is 20.0 Å². The smallest absolute Gasteiger partial charge is 0.451 e. The number of carbonyl (C=O) groups is 1. The second kappa shape index (κ2) is 7.12. The van der Waals surface area contributed by atoms with Gasteiger partial charge < -0.3 is 14.6 Å². The zero-order chi connectivity index (χ0) is 17.9. The van der Waals surface area contributed by atoms with Gasteiger partial charge in [0.1, 0.15) is 5.03 Å². The van der Waals surface area contributed by atoms with E-state index in [9.17, 15) is 18.0 Å². The lowest BCUT2D eigenvalue weighted by Crippen LogP contribution is -2.12. The van der Waals surface area contributed by atoms with Crippen molar-refractivity contribution >= 4 is 28.6 Å². The molecule has 6 nitrogen and oxygen atoms in total. The number of benzene rings is 1. The summed E-state index contributed by atoms with van der Waals surface area (Å²) in [6, 6.07) is 2.80. The second-order valence-electron chi connectivity index (χ2n) is 4.57. The molecule has 10 heteroatoms. The summed E-state index contributed by atoms with van der Waals surface area (Å²) in [6.07, 6.45) is -4.92. The molecule has 2 aromatic rings. The van der Waals surface area contributed by atoms with Crippen LogP contribution in [0.25, 0.3) is 10.9 Å². The molecule has 0 spiro atoms. The summed E-state index contributed by atoms with van der Waals surface area (Å²) in [6.45, 7) is 0. The summed E-state index contributed by atoms with van der Waals surface area (Å²) in [5.74, 6) is -1.71. The molecule has 24 heavy (non-hydrogen) atoms. The summed E-state index contributed by atoms with van der Waals surface area (Å²) in [4.78, 5) is 17.7. The number of thioether (sulfide) groups is 1. The van der Waals surface area contributed by atoms with Gasteiger partial charge in [-0.1, -0.05) is 0 Å². The summed E-state index contributed by atoms with van der Waals surface area (Å²) < 4.78 is 49.2. The minimum absolute atomic E-state index is 0.0350. The van der Waals surface area contributed by atoms with Crippen molar-refractivity contribution < 1.29 is 32.5 Å². The summed E-state index contributed by atoms with van der Waals surface area (Å²) in [5.41, 5.74) is 0.0350. The van der Waals surface area contributed by atoms with Gasteiger partial charge in [0, 0.05) is 17.2 Å². The number of alkyl halides is 3. The van der Waals surface area contributed by atoms with Crippen molar-refractivity contribution in [2.45, 2.75) is 17.6 Å². The van der Waals surface area contributed by atoms with Gasteiger partial charge in [0.15, 0.2) is 11.5 Å². The van der Waals surface area contributed by atoms with Crippen LogP contribution in [0.5, 0.6) is 11.5 Å². The monoisotopic (exact) mass is 362 g/mol. The van der Waals surface area contributed by atoms with Crippen molar-refractivity contribution in [2.24, 2.45) is 0 Å². The molecule has 0 amide bonds. The van der Waals surface area contributed by atoms with Crippen molar-refractivity contribution in [3.63, 3.8) is 0 Å². The van der Waals surface area contributed by atoms with Crippen LogP contribution in [0.4, 0.5) is 13.2 Å². The second-order valence-corrected chi connectivity index (χ2v) is 5.65. The molecule has 0 saturated carbocycles. The normalized spacial score (nSPS) is 11.5. The first-order valence-corrected chi connectivity index (χ1v) is 7.60. The average Bonchev–Trinajstić information content (AvgIpc) is 2.51. The number of halogens is 3. The first kappa shape index (κ1) is 18.1. The molecule has 2 rings (SSSR count). The lowest BCUT2D eigenvalue weighted by molar-refractivity contribution is -0.145. The van der Waals surface area contributed by atoms with Gasteiger partial charge in [-0.2, -0.15) is 13.2 Å². The highest BCUT2D eigenvalue weighted by atomic mass is 32.2. The number of hydrogen-bond acceptors (Lipinski definition) is 6. The van der Waals surface area contributed by atoms with Crippen LogP contribution in [0.3, 0.4) is 0 Å². The highest BCUT2D eigenvalue weighted by Gasteiger charge is 2.35. The SMILES string of the molecule is COc1cc2nc(C(F)(F)F)nc(SCCC(=O)O)c2cc1OC. The van der Waals surface area contributed by atoms with Gasteiger partial charge in [-0.15, -0.1) is 11.8 Å². The maximum atomic E-state index is 13.0. The van der Waals surface area contributed by atoms with E-state index < -0.39 is 18.0 Å². The molecule has 1 N–H and O–H groups in total. The maximum absolute atomic E-state index is 13.0. The number of carboxylic acids is 1. The summed E-state index contributed by atoms with van der Waals surface area (Å²) in [5, 5.41) is 9.04. The molecule has 0 fully saturated rings. The maximum Gasteiger partial charge on any atom is 0.451 e. The Kier molecular flexibility index (Phi) is 5.37. The molecular formula is C14H13F3N2O4S. The predicted molar refractivity (Wildman–Crippen MR) is 80.6 cm³/mol. The van der Waals surface area contributed by atoms with E-state index in [0.29, 0.717) is 11.1 Å². The molecule has 1 aromatic carbocycles. The van der Waals surface area contributed by atoms with Crippen LogP contribution < -0.4 is 9.47 Å². The van der Waals surface area contributed by atoms with E-state index >= 15 is 0 Å². The number of ether oxygens (including phenoxy) is 2. The minimum atomic E-state index is -4.72. The Morgan fingerprint density at radius 3 is 2.38 bits per heavy atom. The zero-order valence-electron chi connectivity index (χ0n) is 12.7.